The average Bonchev–Trinajstić information content (AvgIpc) is 2.70. The molecule has 4 heteroatoms. The highest BCUT2D eigenvalue weighted by molar-refractivity contribution is 7.92. The van der Waals surface area contributed by atoms with Crippen molar-refractivity contribution in [1.82, 2.24) is 0 Å². The maximum atomic E-state index is 12.1. The SMILES string of the molecule is CC1=CCS(=O)(=O)C1C(O)/C(C)=C/CC1=C(C)CCCC1(C)C. The van der Waals surface area contributed by atoms with Crippen LogP contribution in [0.25, 0.3) is 0 Å². The zero-order chi connectivity index (χ0) is 17.4. The first-order valence-electron chi connectivity index (χ1n) is 8.48. The molecule has 2 aliphatic rings. The molecule has 0 bridgehead atoms. The first kappa shape index (κ1) is 18.5. The van der Waals surface area contributed by atoms with E-state index in [2.05, 4.69) is 20.8 Å². The van der Waals surface area contributed by atoms with Gasteiger partial charge in [0.05, 0.1) is 11.9 Å². The van der Waals surface area contributed by atoms with E-state index < -0.39 is 21.2 Å². The summed E-state index contributed by atoms with van der Waals surface area (Å²) in [6, 6.07) is 0. The summed E-state index contributed by atoms with van der Waals surface area (Å²) in [7, 11) is -3.25. The number of hydrogen-bond donors (Lipinski definition) is 1. The van der Waals surface area contributed by atoms with Gasteiger partial charge in [-0.2, -0.15) is 0 Å². The summed E-state index contributed by atoms with van der Waals surface area (Å²) in [4.78, 5) is 0. The molecule has 1 aliphatic heterocycles. The smallest absolute Gasteiger partial charge is 0.163 e. The minimum absolute atomic E-state index is 0.0468. The zero-order valence-electron chi connectivity index (χ0n) is 15.0. The van der Waals surface area contributed by atoms with E-state index in [0.29, 0.717) is 0 Å². The van der Waals surface area contributed by atoms with Gasteiger partial charge in [0.2, 0.25) is 0 Å². The van der Waals surface area contributed by atoms with Crippen molar-refractivity contribution in [3.63, 3.8) is 0 Å². The molecule has 1 aliphatic carbocycles. The van der Waals surface area contributed by atoms with Crippen LogP contribution in [0.2, 0.25) is 0 Å². The molecule has 1 N–H and O–H groups in total. The second-order valence-electron chi connectivity index (χ2n) is 7.79. The van der Waals surface area contributed by atoms with Gasteiger partial charge in [-0.3, -0.25) is 0 Å². The van der Waals surface area contributed by atoms with Crippen LogP contribution in [-0.2, 0) is 9.84 Å². The lowest BCUT2D eigenvalue weighted by Crippen LogP contribution is -2.33. The molecule has 2 rings (SSSR count). The molecule has 0 amide bonds. The van der Waals surface area contributed by atoms with E-state index in [-0.39, 0.29) is 11.2 Å². The molecule has 0 aromatic heterocycles. The standard InChI is InChI=1S/C19H30O3S/c1-13-7-6-11-19(4,5)16(13)9-8-14(2)17(20)18-15(3)10-12-23(18,21)22/h8,10,17-18,20H,6-7,9,11-12H2,1-5H3/b14-8+. The first-order chi connectivity index (χ1) is 10.6. The van der Waals surface area contributed by atoms with Gasteiger partial charge in [-0.1, -0.05) is 42.7 Å². The Balaban J connectivity index is 2.19. The van der Waals surface area contributed by atoms with Crippen LogP contribution in [-0.4, -0.2) is 30.6 Å². The molecule has 0 saturated heterocycles. The Morgan fingerprint density at radius 1 is 1.43 bits per heavy atom. The van der Waals surface area contributed by atoms with Crippen molar-refractivity contribution >= 4 is 9.84 Å². The molecule has 23 heavy (non-hydrogen) atoms. The van der Waals surface area contributed by atoms with E-state index >= 15 is 0 Å². The number of aliphatic hydroxyl groups excluding tert-OH is 1. The fourth-order valence-electron chi connectivity index (χ4n) is 3.94. The molecule has 0 saturated carbocycles. The highest BCUT2D eigenvalue weighted by atomic mass is 32.2. The topological polar surface area (TPSA) is 54.4 Å². The van der Waals surface area contributed by atoms with Crippen LogP contribution in [0.15, 0.2) is 34.4 Å². The maximum absolute atomic E-state index is 12.1. The number of allylic oxidation sites excluding steroid dienone is 3. The predicted molar refractivity (Wildman–Crippen MR) is 96.0 cm³/mol. The highest BCUT2D eigenvalue weighted by Crippen LogP contribution is 2.42. The van der Waals surface area contributed by atoms with Gasteiger partial charge < -0.3 is 5.11 Å². The molecule has 3 nitrogen and oxygen atoms in total. The van der Waals surface area contributed by atoms with Gasteiger partial charge in [0.15, 0.2) is 9.84 Å². The van der Waals surface area contributed by atoms with E-state index in [1.165, 1.54) is 24.0 Å². The van der Waals surface area contributed by atoms with Crippen molar-refractivity contribution in [2.24, 2.45) is 5.41 Å². The zero-order valence-corrected chi connectivity index (χ0v) is 15.8. The monoisotopic (exact) mass is 338 g/mol. The lowest BCUT2D eigenvalue weighted by Gasteiger charge is -2.34. The van der Waals surface area contributed by atoms with Crippen LogP contribution in [0.4, 0.5) is 0 Å². The van der Waals surface area contributed by atoms with E-state index in [1.54, 1.807) is 13.0 Å². The minimum atomic E-state index is -3.25. The molecule has 130 valence electrons. The molecule has 0 aromatic carbocycles. The quantitative estimate of drug-likeness (QED) is 0.790. The Kier molecular flexibility index (Phi) is 5.27. The fourth-order valence-corrected chi connectivity index (χ4v) is 5.92. The molecule has 2 atom stereocenters. The Hall–Kier alpha value is -0.870. The van der Waals surface area contributed by atoms with Crippen LogP contribution >= 0.6 is 0 Å². The van der Waals surface area contributed by atoms with Crippen LogP contribution < -0.4 is 0 Å². The Labute approximate surface area is 141 Å². The van der Waals surface area contributed by atoms with Gasteiger partial charge in [-0.25, -0.2) is 8.42 Å². The molecule has 0 fully saturated rings. The van der Waals surface area contributed by atoms with Crippen molar-refractivity contribution in [1.29, 1.82) is 0 Å². The van der Waals surface area contributed by atoms with Gasteiger partial charge in [0.1, 0.15) is 5.25 Å². The van der Waals surface area contributed by atoms with Gasteiger partial charge in [-0.05, 0) is 57.4 Å². The minimum Gasteiger partial charge on any atom is -0.387 e. The van der Waals surface area contributed by atoms with Crippen molar-refractivity contribution in [2.45, 2.75) is 71.7 Å². The second kappa shape index (κ2) is 6.56. The molecule has 0 aromatic rings. The Morgan fingerprint density at radius 3 is 2.61 bits per heavy atom. The normalized spacial score (nSPS) is 28.7. The fraction of sp³-hybridized carbons (Fsp3) is 0.684. The molecular formula is C19H30O3S. The summed E-state index contributed by atoms with van der Waals surface area (Å²) in [5.41, 5.74) is 4.61. The maximum Gasteiger partial charge on any atom is 0.163 e. The van der Waals surface area contributed by atoms with E-state index in [0.717, 1.165) is 24.0 Å². The van der Waals surface area contributed by atoms with E-state index in [9.17, 15) is 13.5 Å². The van der Waals surface area contributed by atoms with Crippen molar-refractivity contribution in [2.75, 3.05) is 5.75 Å². The summed E-state index contributed by atoms with van der Waals surface area (Å²) in [5.74, 6) is 0.0468. The van der Waals surface area contributed by atoms with Gasteiger partial charge in [0, 0.05) is 0 Å². The van der Waals surface area contributed by atoms with Gasteiger partial charge in [0.25, 0.3) is 0 Å². The summed E-state index contributed by atoms with van der Waals surface area (Å²) < 4.78 is 24.3. The number of sulfone groups is 1. The van der Waals surface area contributed by atoms with Crippen LogP contribution in [0, 0.1) is 5.41 Å². The molecule has 0 spiro atoms. The van der Waals surface area contributed by atoms with Gasteiger partial charge >= 0.3 is 0 Å². The number of hydrogen-bond acceptors (Lipinski definition) is 3. The van der Waals surface area contributed by atoms with Crippen molar-refractivity contribution < 1.29 is 13.5 Å². The summed E-state index contributed by atoms with van der Waals surface area (Å²) in [6.07, 6.45) is 7.17. The van der Waals surface area contributed by atoms with Crippen LogP contribution in [0.3, 0.4) is 0 Å². The third-order valence-corrected chi connectivity index (χ3v) is 7.58. The molecular weight excluding hydrogens is 308 g/mol. The van der Waals surface area contributed by atoms with Crippen LogP contribution in [0.5, 0.6) is 0 Å². The van der Waals surface area contributed by atoms with Crippen molar-refractivity contribution in [3.05, 3.63) is 34.4 Å². The molecule has 1 heterocycles. The third-order valence-electron chi connectivity index (χ3n) is 5.54. The summed E-state index contributed by atoms with van der Waals surface area (Å²) in [5, 5.41) is 9.77. The van der Waals surface area contributed by atoms with Gasteiger partial charge in [-0.15, -0.1) is 0 Å². The number of aliphatic hydroxyl groups is 1. The predicted octanol–water partition coefficient (Wildman–Crippen LogP) is 3.95. The van der Waals surface area contributed by atoms with Crippen LogP contribution in [0.1, 0.15) is 60.3 Å². The van der Waals surface area contributed by atoms with E-state index in [4.69, 9.17) is 0 Å². The molecule has 0 radical (unpaired) electrons. The number of rotatable bonds is 4. The highest BCUT2D eigenvalue weighted by Gasteiger charge is 2.38. The Morgan fingerprint density at radius 2 is 2.09 bits per heavy atom. The largest absolute Gasteiger partial charge is 0.387 e. The third kappa shape index (κ3) is 3.80. The molecule has 2 unspecified atom stereocenters. The average molecular weight is 339 g/mol. The van der Waals surface area contributed by atoms with Crippen molar-refractivity contribution in [3.8, 4) is 0 Å². The lowest BCUT2D eigenvalue weighted by atomic mass is 9.71. The Bertz CT molecular complexity index is 663. The van der Waals surface area contributed by atoms with E-state index in [1.807, 2.05) is 13.0 Å². The summed E-state index contributed by atoms with van der Waals surface area (Å²) in [6.45, 7) is 10.4. The first-order valence-corrected chi connectivity index (χ1v) is 10.2. The lowest BCUT2D eigenvalue weighted by molar-refractivity contribution is 0.213. The second-order valence-corrected chi connectivity index (χ2v) is 9.96. The summed E-state index contributed by atoms with van der Waals surface area (Å²) >= 11 is 0.